The molecule has 0 saturated heterocycles. The number of nitrogens with one attached hydrogen (secondary N) is 1. The van der Waals surface area contributed by atoms with Gasteiger partial charge in [0.25, 0.3) is 0 Å². The first-order chi connectivity index (χ1) is 11.3. The number of benzene rings is 1. The number of carbonyl (C=O) groups excluding carboxylic acids is 1. The molecule has 1 aromatic carbocycles. The minimum Gasteiger partial charge on any atom is -0.344 e. The predicted octanol–water partition coefficient (Wildman–Crippen LogP) is 4.95. The van der Waals surface area contributed by atoms with Crippen LogP contribution in [-0.2, 0) is 10.5 Å². The van der Waals surface area contributed by atoms with Gasteiger partial charge in [-0.25, -0.2) is 0 Å². The van der Waals surface area contributed by atoms with Gasteiger partial charge in [0.05, 0.1) is 11.8 Å². The summed E-state index contributed by atoms with van der Waals surface area (Å²) >= 11 is 4.98. The van der Waals surface area contributed by atoms with E-state index in [2.05, 4.69) is 35.0 Å². The number of thiophene rings is 2. The van der Waals surface area contributed by atoms with Gasteiger partial charge < -0.3 is 5.32 Å². The van der Waals surface area contributed by atoms with Gasteiger partial charge in [0.1, 0.15) is 0 Å². The molecule has 2 aromatic heterocycles. The average molecular weight is 360 g/mol. The van der Waals surface area contributed by atoms with Gasteiger partial charge in [-0.1, -0.05) is 36.4 Å². The maximum atomic E-state index is 12.3. The van der Waals surface area contributed by atoms with Crippen molar-refractivity contribution in [2.75, 3.05) is 5.75 Å². The number of hydrogen-bond donors (Lipinski definition) is 1. The van der Waals surface area contributed by atoms with Crippen LogP contribution in [0, 0.1) is 0 Å². The van der Waals surface area contributed by atoms with E-state index in [0.29, 0.717) is 5.75 Å². The summed E-state index contributed by atoms with van der Waals surface area (Å²) in [5.41, 5.74) is 2.40. The van der Waals surface area contributed by atoms with E-state index in [-0.39, 0.29) is 11.9 Å². The van der Waals surface area contributed by atoms with Crippen molar-refractivity contribution >= 4 is 40.3 Å². The quantitative estimate of drug-likeness (QED) is 0.647. The topological polar surface area (TPSA) is 29.1 Å². The Morgan fingerprint density at radius 3 is 2.65 bits per heavy atom. The fourth-order valence-electron chi connectivity index (χ4n) is 2.25. The zero-order valence-electron chi connectivity index (χ0n) is 12.5. The maximum absolute atomic E-state index is 12.3. The van der Waals surface area contributed by atoms with Crippen LogP contribution >= 0.6 is 34.4 Å². The number of rotatable bonds is 7. The van der Waals surface area contributed by atoms with Crippen molar-refractivity contribution < 1.29 is 4.79 Å². The molecule has 0 aliphatic rings. The summed E-state index contributed by atoms with van der Waals surface area (Å²) < 4.78 is 0. The van der Waals surface area contributed by atoms with E-state index in [1.165, 1.54) is 10.4 Å². The molecule has 5 heteroatoms. The normalized spacial score (nSPS) is 12.0. The molecule has 1 atom stereocenters. The van der Waals surface area contributed by atoms with Crippen molar-refractivity contribution in [3.05, 3.63) is 80.7 Å². The highest BCUT2D eigenvalue weighted by atomic mass is 32.2. The SMILES string of the molecule is O=C(CSCc1ccccc1)NC(c1ccsc1)c1cccs1. The van der Waals surface area contributed by atoms with Crippen LogP contribution in [0.25, 0.3) is 0 Å². The van der Waals surface area contributed by atoms with Crippen molar-refractivity contribution in [1.29, 1.82) is 0 Å². The molecule has 1 amide bonds. The van der Waals surface area contributed by atoms with E-state index in [1.54, 1.807) is 34.4 Å². The van der Waals surface area contributed by atoms with E-state index in [0.717, 1.165) is 11.3 Å². The summed E-state index contributed by atoms with van der Waals surface area (Å²) in [6.45, 7) is 0. The molecule has 23 heavy (non-hydrogen) atoms. The van der Waals surface area contributed by atoms with E-state index in [4.69, 9.17) is 0 Å². The van der Waals surface area contributed by atoms with Crippen LogP contribution in [-0.4, -0.2) is 11.7 Å². The second-order valence-corrected chi connectivity index (χ2v) is 7.80. The smallest absolute Gasteiger partial charge is 0.230 e. The molecular formula is C18H17NOS3. The van der Waals surface area contributed by atoms with E-state index in [9.17, 15) is 4.79 Å². The van der Waals surface area contributed by atoms with Gasteiger partial charge in [-0.05, 0) is 39.4 Å². The summed E-state index contributed by atoms with van der Waals surface area (Å²) in [4.78, 5) is 13.5. The predicted molar refractivity (Wildman–Crippen MR) is 101 cm³/mol. The summed E-state index contributed by atoms with van der Waals surface area (Å²) in [6.07, 6.45) is 0. The molecule has 0 aliphatic carbocycles. The summed E-state index contributed by atoms with van der Waals surface area (Å²) in [6, 6.07) is 16.4. The standard InChI is InChI=1S/C18H17NOS3/c20-17(13-22-11-14-5-2-1-3-6-14)19-18(15-8-10-21-12-15)16-7-4-9-23-16/h1-10,12,18H,11,13H2,(H,19,20). The highest BCUT2D eigenvalue weighted by molar-refractivity contribution is 7.99. The first-order valence-corrected chi connectivity index (χ1v) is 10.3. The summed E-state index contributed by atoms with van der Waals surface area (Å²) in [7, 11) is 0. The second-order valence-electron chi connectivity index (χ2n) is 5.05. The minimum absolute atomic E-state index is 0.0360. The van der Waals surface area contributed by atoms with Gasteiger partial charge in [0.15, 0.2) is 0 Å². The Morgan fingerprint density at radius 1 is 1.09 bits per heavy atom. The molecule has 0 aliphatic heterocycles. The van der Waals surface area contributed by atoms with Crippen LogP contribution in [0.3, 0.4) is 0 Å². The third-order valence-corrected chi connectivity index (χ3v) is 6.00. The fraction of sp³-hybridized carbons (Fsp3) is 0.167. The largest absolute Gasteiger partial charge is 0.344 e. The molecule has 3 rings (SSSR count). The molecule has 118 valence electrons. The number of amides is 1. The molecular weight excluding hydrogens is 342 g/mol. The summed E-state index contributed by atoms with van der Waals surface area (Å²) in [5.74, 6) is 1.41. The monoisotopic (exact) mass is 359 g/mol. The van der Waals surface area contributed by atoms with Crippen molar-refractivity contribution in [3.8, 4) is 0 Å². The third kappa shape index (κ3) is 4.70. The highest BCUT2D eigenvalue weighted by Crippen LogP contribution is 2.27. The zero-order valence-corrected chi connectivity index (χ0v) is 14.9. The van der Waals surface area contributed by atoms with Crippen molar-refractivity contribution in [1.82, 2.24) is 5.32 Å². The highest BCUT2D eigenvalue weighted by Gasteiger charge is 2.18. The van der Waals surface area contributed by atoms with Crippen molar-refractivity contribution in [2.45, 2.75) is 11.8 Å². The lowest BCUT2D eigenvalue weighted by atomic mass is 10.1. The number of thioether (sulfide) groups is 1. The van der Waals surface area contributed by atoms with Crippen molar-refractivity contribution in [3.63, 3.8) is 0 Å². The Bertz CT molecular complexity index is 674. The minimum atomic E-state index is -0.0360. The Morgan fingerprint density at radius 2 is 1.96 bits per heavy atom. The number of hydrogen-bond acceptors (Lipinski definition) is 4. The van der Waals surface area contributed by atoms with E-state index in [1.807, 2.05) is 35.0 Å². The molecule has 0 fully saturated rings. The van der Waals surface area contributed by atoms with Crippen LogP contribution in [0.4, 0.5) is 0 Å². The van der Waals surface area contributed by atoms with Crippen LogP contribution in [0.1, 0.15) is 22.0 Å². The van der Waals surface area contributed by atoms with Gasteiger partial charge in [-0.15, -0.1) is 23.1 Å². The zero-order chi connectivity index (χ0) is 15.9. The lowest BCUT2D eigenvalue weighted by Crippen LogP contribution is -2.30. The third-order valence-electron chi connectivity index (χ3n) is 3.35. The molecule has 0 bridgehead atoms. The summed E-state index contributed by atoms with van der Waals surface area (Å²) in [5, 5.41) is 9.36. The van der Waals surface area contributed by atoms with Crippen LogP contribution in [0.15, 0.2) is 64.7 Å². The van der Waals surface area contributed by atoms with E-state index < -0.39 is 0 Å². The van der Waals surface area contributed by atoms with Crippen LogP contribution in [0.5, 0.6) is 0 Å². The molecule has 2 nitrogen and oxygen atoms in total. The lowest BCUT2D eigenvalue weighted by molar-refractivity contribution is -0.119. The molecule has 0 spiro atoms. The molecule has 3 aromatic rings. The van der Waals surface area contributed by atoms with Gasteiger partial charge in [-0.2, -0.15) is 11.3 Å². The first-order valence-electron chi connectivity index (χ1n) is 7.29. The lowest BCUT2D eigenvalue weighted by Gasteiger charge is -2.16. The first kappa shape index (κ1) is 16.3. The molecule has 2 heterocycles. The van der Waals surface area contributed by atoms with Gasteiger partial charge in [0.2, 0.25) is 5.91 Å². The molecule has 0 saturated carbocycles. The molecule has 1 N–H and O–H groups in total. The fourth-order valence-corrected chi connectivity index (χ4v) is 4.54. The second kappa shape index (κ2) is 8.34. The molecule has 1 unspecified atom stereocenters. The average Bonchev–Trinajstić information content (AvgIpc) is 3.27. The Hall–Kier alpha value is -1.56. The van der Waals surface area contributed by atoms with Gasteiger partial charge >= 0.3 is 0 Å². The van der Waals surface area contributed by atoms with Crippen LogP contribution in [0.2, 0.25) is 0 Å². The van der Waals surface area contributed by atoms with Gasteiger partial charge in [0, 0.05) is 10.6 Å². The van der Waals surface area contributed by atoms with Crippen LogP contribution < -0.4 is 5.32 Å². The number of carbonyl (C=O) groups is 1. The van der Waals surface area contributed by atoms with Crippen molar-refractivity contribution in [2.24, 2.45) is 0 Å². The molecule has 0 radical (unpaired) electrons. The Labute approximate surface area is 148 Å². The van der Waals surface area contributed by atoms with Gasteiger partial charge in [-0.3, -0.25) is 4.79 Å². The maximum Gasteiger partial charge on any atom is 0.230 e. The van der Waals surface area contributed by atoms with E-state index >= 15 is 0 Å². The Balaban J connectivity index is 1.56. The Kier molecular flexibility index (Phi) is 5.91.